The number of ether oxygens (including phenoxy) is 1. The molecule has 82 valence electrons. The highest BCUT2D eigenvalue weighted by Crippen LogP contribution is 2.36. The third-order valence-electron chi connectivity index (χ3n) is 1.73. The van der Waals surface area contributed by atoms with Crippen molar-refractivity contribution in [1.29, 1.82) is 0 Å². The topological polar surface area (TPSA) is 26.3 Å². The highest BCUT2D eigenvalue weighted by atomic mass is 35.5. The maximum absolute atomic E-state index is 12.3. The van der Waals surface area contributed by atoms with Crippen LogP contribution in [-0.2, 0) is 6.18 Å². The van der Waals surface area contributed by atoms with E-state index >= 15 is 0 Å². The van der Waals surface area contributed by atoms with E-state index in [0.29, 0.717) is 12.1 Å². The van der Waals surface area contributed by atoms with Gasteiger partial charge in [0, 0.05) is 0 Å². The summed E-state index contributed by atoms with van der Waals surface area (Å²) < 4.78 is 41.6. The van der Waals surface area contributed by atoms with Gasteiger partial charge in [0.2, 0.25) is 0 Å². The standard InChI is InChI=1S/C9H6ClF3O2/c1-15-8-5(4-14)2-6(3-7(8)10)9(11,12)13/h2-4H,1H3. The molecule has 1 rings (SSSR count). The molecule has 0 bridgehead atoms. The number of methoxy groups -OCH3 is 1. The molecule has 0 N–H and O–H groups in total. The summed E-state index contributed by atoms with van der Waals surface area (Å²) in [5.41, 5.74) is -1.20. The molecule has 0 heterocycles. The number of carbonyl (C=O) groups is 1. The van der Waals surface area contributed by atoms with Crippen molar-refractivity contribution in [3.63, 3.8) is 0 Å². The monoisotopic (exact) mass is 238 g/mol. The summed E-state index contributed by atoms with van der Waals surface area (Å²) in [4.78, 5) is 10.5. The van der Waals surface area contributed by atoms with Crippen LogP contribution in [-0.4, -0.2) is 13.4 Å². The SMILES string of the molecule is COc1c(Cl)cc(C(F)(F)F)cc1C=O. The summed E-state index contributed by atoms with van der Waals surface area (Å²) in [5, 5.41) is -0.241. The number of hydrogen-bond acceptors (Lipinski definition) is 2. The van der Waals surface area contributed by atoms with Crippen LogP contribution < -0.4 is 4.74 Å². The lowest BCUT2D eigenvalue weighted by molar-refractivity contribution is -0.137. The van der Waals surface area contributed by atoms with Gasteiger partial charge < -0.3 is 4.74 Å². The Labute approximate surface area is 88.6 Å². The van der Waals surface area contributed by atoms with Gasteiger partial charge in [-0.25, -0.2) is 0 Å². The van der Waals surface area contributed by atoms with Crippen LogP contribution in [0, 0.1) is 0 Å². The molecule has 0 radical (unpaired) electrons. The lowest BCUT2D eigenvalue weighted by Gasteiger charge is -2.11. The largest absolute Gasteiger partial charge is 0.494 e. The van der Waals surface area contributed by atoms with Crippen molar-refractivity contribution >= 4 is 17.9 Å². The van der Waals surface area contributed by atoms with Gasteiger partial charge in [0.1, 0.15) is 5.75 Å². The normalized spacial score (nSPS) is 11.3. The average Bonchev–Trinajstić information content (AvgIpc) is 2.15. The Kier molecular flexibility index (Phi) is 3.24. The molecule has 0 unspecified atom stereocenters. The molecule has 0 saturated carbocycles. The Morgan fingerprint density at radius 3 is 2.40 bits per heavy atom. The van der Waals surface area contributed by atoms with Crippen molar-refractivity contribution < 1.29 is 22.7 Å². The molecule has 0 amide bonds. The van der Waals surface area contributed by atoms with Crippen molar-refractivity contribution in [2.75, 3.05) is 7.11 Å². The molecule has 1 aromatic carbocycles. The van der Waals surface area contributed by atoms with E-state index in [0.717, 1.165) is 0 Å². The fraction of sp³-hybridized carbons (Fsp3) is 0.222. The van der Waals surface area contributed by atoms with Crippen LogP contribution in [0.4, 0.5) is 13.2 Å². The zero-order chi connectivity index (χ0) is 11.6. The lowest BCUT2D eigenvalue weighted by Crippen LogP contribution is -2.06. The van der Waals surface area contributed by atoms with Gasteiger partial charge in [-0.2, -0.15) is 13.2 Å². The fourth-order valence-corrected chi connectivity index (χ4v) is 1.39. The first-order valence-electron chi connectivity index (χ1n) is 3.80. The molecule has 0 saturated heterocycles. The molecule has 0 spiro atoms. The van der Waals surface area contributed by atoms with Crippen LogP contribution in [0.5, 0.6) is 5.75 Å². The van der Waals surface area contributed by atoms with Crippen LogP contribution in [0.2, 0.25) is 5.02 Å². The van der Waals surface area contributed by atoms with Crippen molar-refractivity contribution in [3.8, 4) is 5.75 Å². The van der Waals surface area contributed by atoms with Crippen molar-refractivity contribution in [2.24, 2.45) is 0 Å². The fourth-order valence-electron chi connectivity index (χ4n) is 1.08. The summed E-state index contributed by atoms with van der Waals surface area (Å²) in [5.74, 6) is -0.0559. The minimum Gasteiger partial charge on any atom is -0.494 e. The summed E-state index contributed by atoms with van der Waals surface area (Å²) in [6, 6.07) is 1.41. The van der Waals surface area contributed by atoms with Crippen LogP contribution in [0.3, 0.4) is 0 Å². The number of aldehydes is 1. The maximum Gasteiger partial charge on any atom is 0.416 e. The Balaban J connectivity index is 3.38. The number of benzene rings is 1. The third kappa shape index (κ3) is 2.41. The zero-order valence-electron chi connectivity index (χ0n) is 7.56. The third-order valence-corrected chi connectivity index (χ3v) is 2.01. The smallest absolute Gasteiger partial charge is 0.416 e. The number of rotatable bonds is 2. The number of hydrogen-bond donors (Lipinski definition) is 0. The minimum atomic E-state index is -4.53. The molecule has 6 heteroatoms. The number of alkyl halides is 3. The van der Waals surface area contributed by atoms with Gasteiger partial charge in [0.25, 0.3) is 0 Å². The highest BCUT2D eigenvalue weighted by molar-refractivity contribution is 6.32. The zero-order valence-corrected chi connectivity index (χ0v) is 8.32. The Bertz CT molecular complexity index is 388. The van der Waals surface area contributed by atoms with Gasteiger partial charge in [-0.3, -0.25) is 4.79 Å². The first-order chi connectivity index (χ1) is 6.90. The summed E-state index contributed by atoms with van der Waals surface area (Å²) in [6.45, 7) is 0. The molecule has 0 atom stereocenters. The summed E-state index contributed by atoms with van der Waals surface area (Å²) >= 11 is 5.54. The molecule has 0 fully saturated rings. The van der Waals surface area contributed by atoms with Gasteiger partial charge in [-0.05, 0) is 12.1 Å². The number of carbonyl (C=O) groups excluding carboxylic acids is 1. The quantitative estimate of drug-likeness (QED) is 0.740. The maximum atomic E-state index is 12.3. The van der Waals surface area contributed by atoms with Gasteiger partial charge in [0.15, 0.2) is 6.29 Å². The van der Waals surface area contributed by atoms with Gasteiger partial charge in [0.05, 0.1) is 23.3 Å². The molecule has 15 heavy (non-hydrogen) atoms. The molecule has 0 aliphatic carbocycles. The predicted octanol–water partition coefficient (Wildman–Crippen LogP) is 3.18. The lowest BCUT2D eigenvalue weighted by atomic mass is 10.1. The van der Waals surface area contributed by atoms with Crippen LogP contribution in [0.15, 0.2) is 12.1 Å². The van der Waals surface area contributed by atoms with Crippen LogP contribution >= 0.6 is 11.6 Å². The number of halogens is 4. The summed E-state index contributed by atoms with van der Waals surface area (Å²) in [7, 11) is 1.22. The Morgan fingerprint density at radius 1 is 1.40 bits per heavy atom. The second-order valence-electron chi connectivity index (χ2n) is 2.70. The minimum absolute atomic E-state index is 0.0559. The van der Waals surface area contributed by atoms with Crippen molar-refractivity contribution in [1.82, 2.24) is 0 Å². The van der Waals surface area contributed by atoms with Crippen LogP contribution in [0.25, 0.3) is 0 Å². The van der Waals surface area contributed by atoms with Gasteiger partial charge >= 0.3 is 6.18 Å². The Hall–Kier alpha value is -1.23. The van der Waals surface area contributed by atoms with E-state index < -0.39 is 11.7 Å². The first kappa shape index (κ1) is 11.8. The average molecular weight is 239 g/mol. The molecular weight excluding hydrogens is 233 g/mol. The van der Waals surface area contributed by atoms with E-state index in [1.807, 2.05) is 0 Å². The Morgan fingerprint density at radius 2 is 2.00 bits per heavy atom. The molecule has 0 aromatic heterocycles. The van der Waals surface area contributed by atoms with E-state index in [9.17, 15) is 18.0 Å². The molecule has 0 aliphatic rings. The van der Waals surface area contributed by atoms with E-state index in [-0.39, 0.29) is 22.6 Å². The van der Waals surface area contributed by atoms with Gasteiger partial charge in [-0.15, -0.1) is 0 Å². The first-order valence-corrected chi connectivity index (χ1v) is 4.18. The molecular formula is C9H6ClF3O2. The van der Waals surface area contributed by atoms with Crippen LogP contribution in [0.1, 0.15) is 15.9 Å². The van der Waals surface area contributed by atoms with E-state index in [1.54, 1.807) is 0 Å². The molecule has 2 nitrogen and oxygen atoms in total. The van der Waals surface area contributed by atoms with Gasteiger partial charge in [-0.1, -0.05) is 11.6 Å². The summed E-state index contributed by atoms with van der Waals surface area (Å²) in [6.07, 6.45) is -4.27. The molecule has 0 aliphatic heterocycles. The second-order valence-corrected chi connectivity index (χ2v) is 3.10. The highest BCUT2D eigenvalue weighted by Gasteiger charge is 2.32. The van der Waals surface area contributed by atoms with E-state index in [2.05, 4.69) is 0 Å². The second kappa shape index (κ2) is 4.10. The van der Waals surface area contributed by atoms with Crippen molar-refractivity contribution in [2.45, 2.75) is 6.18 Å². The molecule has 1 aromatic rings. The van der Waals surface area contributed by atoms with E-state index in [1.165, 1.54) is 7.11 Å². The van der Waals surface area contributed by atoms with Crippen molar-refractivity contribution in [3.05, 3.63) is 28.3 Å². The predicted molar refractivity (Wildman–Crippen MR) is 48.4 cm³/mol. The van der Waals surface area contributed by atoms with E-state index in [4.69, 9.17) is 16.3 Å².